The second-order valence-electron chi connectivity index (χ2n) is 3.59. The summed E-state index contributed by atoms with van der Waals surface area (Å²) in [5.41, 5.74) is 0.939. The number of nitrogens with one attached hydrogen (secondary N) is 1. The summed E-state index contributed by atoms with van der Waals surface area (Å²) in [4.78, 5) is 16.0. The number of nitrogens with zero attached hydrogens (tertiary/aromatic N) is 2. The second kappa shape index (κ2) is 5.83. The molecular formula is C13H7BrClN3O. The molecular weight excluding hydrogens is 330 g/mol. The summed E-state index contributed by atoms with van der Waals surface area (Å²) in [6.45, 7) is 0. The van der Waals surface area contributed by atoms with Crippen LogP contribution in [0.25, 0.3) is 0 Å². The number of carbonyl (C=O) groups excluding carboxylic acids is 1. The van der Waals surface area contributed by atoms with E-state index in [9.17, 15) is 4.79 Å². The minimum Gasteiger partial charge on any atom is -0.319 e. The number of halogens is 2. The molecule has 94 valence electrons. The molecule has 0 spiro atoms. The van der Waals surface area contributed by atoms with Gasteiger partial charge in [-0.05, 0) is 46.3 Å². The van der Waals surface area contributed by atoms with Gasteiger partial charge < -0.3 is 5.32 Å². The summed E-state index contributed by atoms with van der Waals surface area (Å²) < 4.78 is 0.577. The largest absolute Gasteiger partial charge is 0.319 e. The average molecular weight is 337 g/mol. The van der Waals surface area contributed by atoms with Gasteiger partial charge in [0.25, 0.3) is 5.91 Å². The van der Waals surface area contributed by atoms with E-state index in [1.165, 1.54) is 12.3 Å². The van der Waals surface area contributed by atoms with Crippen LogP contribution in [0, 0.1) is 11.3 Å². The number of hydrogen-bond donors (Lipinski definition) is 1. The van der Waals surface area contributed by atoms with Gasteiger partial charge in [-0.2, -0.15) is 5.26 Å². The van der Waals surface area contributed by atoms with Gasteiger partial charge in [0.1, 0.15) is 11.8 Å². The molecule has 4 nitrogen and oxygen atoms in total. The first kappa shape index (κ1) is 13.5. The minimum absolute atomic E-state index is 0.242. The Morgan fingerprint density at radius 2 is 2.21 bits per heavy atom. The van der Waals surface area contributed by atoms with E-state index >= 15 is 0 Å². The van der Waals surface area contributed by atoms with Crippen LogP contribution < -0.4 is 5.32 Å². The van der Waals surface area contributed by atoms with Crippen molar-refractivity contribution >= 4 is 39.1 Å². The quantitative estimate of drug-likeness (QED) is 0.911. The van der Waals surface area contributed by atoms with Crippen molar-refractivity contribution in [3.05, 3.63) is 57.3 Å². The molecule has 1 aromatic carbocycles. The zero-order valence-electron chi connectivity index (χ0n) is 9.52. The van der Waals surface area contributed by atoms with Crippen LogP contribution in [0.3, 0.4) is 0 Å². The lowest BCUT2D eigenvalue weighted by molar-refractivity contribution is 0.102. The molecule has 1 heterocycles. The van der Waals surface area contributed by atoms with Crippen LogP contribution in [-0.2, 0) is 0 Å². The van der Waals surface area contributed by atoms with E-state index in [1.54, 1.807) is 24.3 Å². The number of carbonyl (C=O) groups is 1. The number of benzene rings is 1. The van der Waals surface area contributed by atoms with E-state index in [2.05, 4.69) is 26.2 Å². The molecule has 0 atom stereocenters. The number of anilines is 1. The highest BCUT2D eigenvalue weighted by Gasteiger charge is 2.13. The van der Waals surface area contributed by atoms with E-state index in [0.717, 1.165) is 0 Å². The van der Waals surface area contributed by atoms with Crippen molar-refractivity contribution in [1.82, 2.24) is 4.98 Å². The molecule has 0 aliphatic carbocycles. The molecule has 0 bridgehead atoms. The molecule has 1 N–H and O–H groups in total. The van der Waals surface area contributed by atoms with Gasteiger partial charge in [-0.1, -0.05) is 11.6 Å². The lowest BCUT2D eigenvalue weighted by Crippen LogP contribution is -2.15. The van der Waals surface area contributed by atoms with E-state index in [-0.39, 0.29) is 5.69 Å². The van der Waals surface area contributed by atoms with Gasteiger partial charge in [0, 0.05) is 15.7 Å². The zero-order chi connectivity index (χ0) is 13.8. The van der Waals surface area contributed by atoms with Gasteiger partial charge in [-0.25, -0.2) is 4.98 Å². The third-order valence-corrected chi connectivity index (χ3v) is 3.20. The Balaban J connectivity index is 2.32. The van der Waals surface area contributed by atoms with Gasteiger partial charge in [0.15, 0.2) is 0 Å². The van der Waals surface area contributed by atoms with Crippen LogP contribution in [0.5, 0.6) is 0 Å². The molecule has 19 heavy (non-hydrogen) atoms. The van der Waals surface area contributed by atoms with Crippen molar-refractivity contribution in [3.8, 4) is 6.07 Å². The summed E-state index contributed by atoms with van der Waals surface area (Å²) in [6, 6.07) is 10.1. The fraction of sp³-hybridized carbons (Fsp3) is 0. The number of rotatable bonds is 2. The third-order valence-electron chi connectivity index (χ3n) is 2.32. The highest BCUT2D eigenvalue weighted by Crippen LogP contribution is 2.22. The Kier molecular flexibility index (Phi) is 4.15. The Morgan fingerprint density at radius 3 is 2.89 bits per heavy atom. The Hall–Kier alpha value is -1.90. The summed E-state index contributed by atoms with van der Waals surface area (Å²) in [6.07, 6.45) is 1.52. The fourth-order valence-corrected chi connectivity index (χ4v) is 2.06. The highest BCUT2D eigenvalue weighted by atomic mass is 79.9. The number of nitriles is 1. The first-order valence-corrected chi connectivity index (χ1v) is 6.40. The lowest BCUT2D eigenvalue weighted by Gasteiger charge is -2.07. The second-order valence-corrected chi connectivity index (χ2v) is 4.88. The first-order chi connectivity index (χ1) is 9.11. The molecule has 1 aromatic heterocycles. The van der Waals surface area contributed by atoms with Crippen molar-refractivity contribution in [3.63, 3.8) is 0 Å². The van der Waals surface area contributed by atoms with Gasteiger partial charge >= 0.3 is 0 Å². The van der Waals surface area contributed by atoms with Gasteiger partial charge in [0.2, 0.25) is 0 Å². The SMILES string of the molecule is N#Cc1ccc(Cl)cc1NC(=O)c1ncccc1Br. The Morgan fingerprint density at radius 1 is 1.42 bits per heavy atom. The fourth-order valence-electron chi connectivity index (χ4n) is 1.45. The first-order valence-electron chi connectivity index (χ1n) is 5.23. The van der Waals surface area contributed by atoms with Gasteiger partial charge in [-0.3, -0.25) is 4.79 Å². The molecule has 0 saturated carbocycles. The molecule has 0 radical (unpaired) electrons. The van der Waals surface area contributed by atoms with Gasteiger partial charge in [0.05, 0.1) is 11.3 Å². The molecule has 0 aliphatic heterocycles. The third kappa shape index (κ3) is 3.11. The molecule has 6 heteroatoms. The topological polar surface area (TPSA) is 65.8 Å². The normalized spacial score (nSPS) is 9.74. The smallest absolute Gasteiger partial charge is 0.275 e. The predicted octanol–water partition coefficient (Wildman–Crippen LogP) is 3.62. The molecule has 0 saturated heterocycles. The highest BCUT2D eigenvalue weighted by molar-refractivity contribution is 9.10. The molecule has 2 rings (SSSR count). The van der Waals surface area contributed by atoms with Crippen molar-refractivity contribution in [2.75, 3.05) is 5.32 Å². The monoisotopic (exact) mass is 335 g/mol. The van der Waals surface area contributed by atoms with Crippen molar-refractivity contribution in [2.45, 2.75) is 0 Å². The number of amides is 1. The van der Waals surface area contributed by atoms with Crippen molar-refractivity contribution in [2.24, 2.45) is 0 Å². The van der Waals surface area contributed by atoms with Crippen LogP contribution >= 0.6 is 27.5 Å². The van der Waals surface area contributed by atoms with E-state index < -0.39 is 5.91 Å². The van der Waals surface area contributed by atoms with E-state index in [4.69, 9.17) is 16.9 Å². The molecule has 0 aliphatic rings. The number of hydrogen-bond acceptors (Lipinski definition) is 3. The summed E-state index contributed by atoms with van der Waals surface area (Å²) in [5.74, 6) is -0.411. The Bertz CT molecular complexity index is 682. The van der Waals surface area contributed by atoms with Crippen molar-refractivity contribution < 1.29 is 4.79 Å². The maximum Gasteiger partial charge on any atom is 0.275 e. The van der Waals surface area contributed by atoms with Crippen LogP contribution in [0.15, 0.2) is 41.0 Å². The van der Waals surface area contributed by atoms with Crippen LogP contribution in [0.1, 0.15) is 16.1 Å². The summed E-state index contributed by atoms with van der Waals surface area (Å²) >= 11 is 9.09. The molecule has 2 aromatic rings. The standard InChI is InChI=1S/C13H7BrClN3O/c14-10-2-1-5-17-12(10)13(19)18-11-6-9(15)4-3-8(11)7-16/h1-6H,(H,18,19). The van der Waals surface area contributed by atoms with E-state index in [0.29, 0.717) is 20.7 Å². The van der Waals surface area contributed by atoms with E-state index in [1.807, 2.05) is 6.07 Å². The maximum atomic E-state index is 12.1. The molecule has 1 amide bonds. The van der Waals surface area contributed by atoms with Gasteiger partial charge in [-0.15, -0.1) is 0 Å². The maximum absolute atomic E-state index is 12.1. The average Bonchev–Trinajstić information content (AvgIpc) is 2.39. The lowest BCUT2D eigenvalue weighted by atomic mass is 10.2. The number of aromatic nitrogens is 1. The van der Waals surface area contributed by atoms with Crippen molar-refractivity contribution in [1.29, 1.82) is 5.26 Å². The van der Waals surface area contributed by atoms with Crippen LogP contribution in [0.4, 0.5) is 5.69 Å². The summed E-state index contributed by atoms with van der Waals surface area (Å²) in [7, 11) is 0. The minimum atomic E-state index is -0.411. The van der Waals surface area contributed by atoms with Crippen LogP contribution in [0.2, 0.25) is 5.02 Å². The number of pyridine rings is 1. The Labute approximate surface area is 123 Å². The molecule has 0 fully saturated rings. The van der Waals surface area contributed by atoms with Crippen LogP contribution in [-0.4, -0.2) is 10.9 Å². The summed E-state index contributed by atoms with van der Waals surface area (Å²) in [5, 5.41) is 12.0. The predicted molar refractivity (Wildman–Crippen MR) is 76.1 cm³/mol. The molecule has 0 unspecified atom stereocenters. The zero-order valence-corrected chi connectivity index (χ0v) is 11.9.